The molecule has 1 saturated heterocycles. The van der Waals surface area contributed by atoms with Gasteiger partial charge in [-0.25, -0.2) is 17.5 Å². The average Bonchev–Trinajstić information content (AvgIpc) is 2.40. The molecule has 106 valence electrons. The first-order valence-corrected chi connectivity index (χ1v) is 7.55. The number of ether oxygens (including phenoxy) is 1. The molecule has 2 N–H and O–H groups in total. The van der Waals surface area contributed by atoms with Gasteiger partial charge in [0.2, 0.25) is 10.0 Å². The van der Waals surface area contributed by atoms with E-state index in [0.29, 0.717) is 18.7 Å². The fourth-order valence-corrected chi connectivity index (χ4v) is 3.22. The first-order chi connectivity index (χ1) is 8.99. The topological polar surface area (TPSA) is 67.4 Å². The highest BCUT2D eigenvalue weighted by Crippen LogP contribution is 2.16. The maximum Gasteiger partial charge on any atom is 0.241 e. The van der Waals surface area contributed by atoms with Crippen molar-refractivity contribution >= 4 is 10.0 Å². The van der Waals surface area contributed by atoms with Crippen LogP contribution < -0.4 is 10.0 Å². The van der Waals surface area contributed by atoms with E-state index in [9.17, 15) is 12.8 Å². The Hall–Kier alpha value is -1.02. The largest absolute Gasteiger partial charge is 0.374 e. The van der Waals surface area contributed by atoms with Crippen molar-refractivity contribution in [3.05, 3.63) is 29.6 Å². The third-order valence-corrected chi connectivity index (χ3v) is 4.51. The molecular weight excluding hydrogens is 271 g/mol. The van der Waals surface area contributed by atoms with Crippen molar-refractivity contribution in [2.24, 2.45) is 0 Å². The molecule has 0 spiro atoms. The van der Waals surface area contributed by atoms with Gasteiger partial charge in [0.1, 0.15) is 5.82 Å². The summed E-state index contributed by atoms with van der Waals surface area (Å²) in [6.07, 6.45) is -0.197. The summed E-state index contributed by atoms with van der Waals surface area (Å²) < 4.78 is 45.2. The van der Waals surface area contributed by atoms with Gasteiger partial charge < -0.3 is 10.1 Å². The first-order valence-electron chi connectivity index (χ1n) is 6.07. The van der Waals surface area contributed by atoms with Crippen LogP contribution in [0.5, 0.6) is 0 Å². The fourth-order valence-electron chi connectivity index (χ4n) is 1.89. The third kappa shape index (κ3) is 3.73. The minimum atomic E-state index is -3.71. The zero-order valence-electron chi connectivity index (χ0n) is 10.6. The van der Waals surface area contributed by atoms with Crippen molar-refractivity contribution in [3.8, 4) is 0 Å². The number of nitrogens with one attached hydrogen (secondary N) is 2. The number of benzene rings is 1. The zero-order chi connectivity index (χ0) is 13.9. The predicted molar refractivity (Wildman–Crippen MR) is 68.9 cm³/mol. The number of sulfonamides is 1. The molecule has 1 unspecified atom stereocenters. The Morgan fingerprint density at radius 1 is 1.53 bits per heavy atom. The van der Waals surface area contributed by atoms with Crippen molar-refractivity contribution in [2.45, 2.75) is 17.9 Å². The minimum Gasteiger partial charge on any atom is -0.374 e. The molecule has 0 radical (unpaired) electrons. The second-order valence-corrected chi connectivity index (χ2v) is 6.19. The Bertz CT molecular complexity index is 542. The second-order valence-electron chi connectivity index (χ2n) is 4.46. The minimum absolute atomic E-state index is 0.0312. The van der Waals surface area contributed by atoms with Crippen LogP contribution in [0.3, 0.4) is 0 Å². The van der Waals surface area contributed by atoms with Crippen LogP contribution in [0.4, 0.5) is 4.39 Å². The Kier molecular flexibility index (Phi) is 4.51. The lowest BCUT2D eigenvalue weighted by molar-refractivity contribution is 0.0324. The lowest BCUT2D eigenvalue weighted by atomic mass is 10.2. The van der Waals surface area contributed by atoms with Crippen LogP contribution in [0.2, 0.25) is 0 Å². The Labute approximate surface area is 112 Å². The van der Waals surface area contributed by atoms with Crippen molar-refractivity contribution in [1.29, 1.82) is 0 Å². The van der Waals surface area contributed by atoms with Crippen LogP contribution in [0.15, 0.2) is 23.1 Å². The van der Waals surface area contributed by atoms with Gasteiger partial charge in [-0.2, -0.15) is 0 Å². The number of aryl methyl sites for hydroxylation is 1. The predicted octanol–water partition coefficient (Wildman–Crippen LogP) is 0.401. The van der Waals surface area contributed by atoms with E-state index in [2.05, 4.69) is 10.0 Å². The number of halogens is 1. The highest BCUT2D eigenvalue weighted by molar-refractivity contribution is 7.89. The van der Waals surface area contributed by atoms with Crippen molar-refractivity contribution in [1.82, 2.24) is 10.0 Å². The lowest BCUT2D eigenvalue weighted by Crippen LogP contribution is -2.45. The molecule has 1 fully saturated rings. The van der Waals surface area contributed by atoms with Gasteiger partial charge in [0.05, 0.1) is 17.6 Å². The number of morpholine rings is 1. The molecule has 0 aromatic heterocycles. The van der Waals surface area contributed by atoms with Crippen LogP contribution >= 0.6 is 0 Å². The lowest BCUT2D eigenvalue weighted by Gasteiger charge is -2.23. The van der Waals surface area contributed by atoms with Crippen LogP contribution in [-0.2, 0) is 14.8 Å². The van der Waals surface area contributed by atoms with E-state index in [1.165, 1.54) is 12.1 Å². The summed E-state index contributed by atoms with van der Waals surface area (Å²) >= 11 is 0. The molecule has 0 amide bonds. The molecule has 7 heteroatoms. The van der Waals surface area contributed by atoms with E-state index in [4.69, 9.17) is 4.74 Å². The smallest absolute Gasteiger partial charge is 0.241 e. The molecule has 1 atom stereocenters. The molecule has 1 aliphatic rings. The van der Waals surface area contributed by atoms with Gasteiger partial charge in [0.15, 0.2) is 0 Å². The van der Waals surface area contributed by atoms with E-state index in [1.54, 1.807) is 6.92 Å². The van der Waals surface area contributed by atoms with Crippen LogP contribution in [0.1, 0.15) is 5.56 Å². The van der Waals surface area contributed by atoms with Gasteiger partial charge in [-0.3, -0.25) is 0 Å². The quantitative estimate of drug-likeness (QED) is 0.841. The average molecular weight is 288 g/mol. The van der Waals surface area contributed by atoms with Gasteiger partial charge in [0.25, 0.3) is 0 Å². The fraction of sp³-hybridized carbons (Fsp3) is 0.500. The molecule has 5 nitrogen and oxygen atoms in total. The maximum absolute atomic E-state index is 13.1. The van der Waals surface area contributed by atoms with Gasteiger partial charge in [-0.05, 0) is 24.6 Å². The molecule has 0 aliphatic carbocycles. The third-order valence-electron chi connectivity index (χ3n) is 2.95. The molecule has 1 heterocycles. The Morgan fingerprint density at radius 2 is 2.32 bits per heavy atom. The van der Waals surface area contributed by atoms with Crippen LogP contribution in [-0.4, -0.2) is 40.8 Å². The molecule has 2 rings (SSSR count). The van der Waals surface area contributed by atoms with Crippen LogP contribution in [0.25, 0.3) is 0 Å². The highest BCUT2D eigenvalue weighted by Gasteiger charge is 2.20. The number of hydrogen-bond acceptors (Lipinski definition) is 4. The molecule has 1 aromatic carbocycles. The normalized spacial score (nSPS) is 20.4. The molecule has 1 aliphatic heterocycles. The van der Waals surface area contributed by atoms with Gasteiger partial charge in [-0.1, -0.05) is 6.07 Å². The van der Waals surface area contributed by atoms with Gasteiger partial charge >= 0.3 is 0 Å². The monoisotopic (exact) mass is 288 g/mol. The van der Waals surface area contributed by atoms with Crippen LogP contribution in [0, 0.1) is 12.7 Å². The zero-order valence-corrected chi connectivity index (χ0v) is 11.5. The molecule has 1 aromatic rings. The standard InChI is InChI=1S/C12H17FN2O3S/c1-9-2-3-10(13)6-12(9)19(16,17)15-8-11-7-14-4-5-18-11/h2-3,6,11,14-15H,4-5,7-8H2,1H3. The summed E-state index contributed by atoms with van der Waals surface area (Å²) in [6.45, 7) is 3.74. The molecule has 0 bridgehead atoms. The Morgan fingerprint density at radius 3 is 3.00 bits per heavy atom. The molecular formula is C12H17FN2O3S. The Balaban J connectivity index is 2.07. The summed E-state index contributed by atoms with van der Waals surface area (Å²) in [6, 6.07) is 3.71. The maximum atomic E-state index is 13.1. The molecule has 19 heavy (non-hydrogen) atoms. The molecule has 0 saturated carbocycles. The van der Waals surface area contributed by atoms with Gasteiger partial charge in [-0.15, -0.1) is 0 Å². The highest BCUT2D eigenvalue weighted by atomic mass is 32.2. The SMILES string of the molecule is Cc1ccc(F)cc1S(=O)(=O)NCC1CNCCO1. The summed E-state index contributed by atoms with van der Waals surface area (Å²) in [5.41, 5.74) is 0.511. The second kappa shape index (κ2) is 5.96. The number of rotatable bonds is 4. The summed E-state index contributed by atoms with van der Waals surface area (Å²) in [5.74, 6) is -0.568. The first kappa shape index (κ1) is 14.4. The summed E-state index contributed by atoms with van der Waals surface area (Å²) in [5, 5.41) is 3.11. The van der Waals surface area contributed by atoms with Crippen molar-refractivity contribution in [3.63, 3.8) is 0 Å². The van der Waals surface area contributed by atoms with E-state index >= 15 is 0 Å². The van der Waals surface area contributed by atoms with E-state index in [-0.39, 0.29) is 17.5 Å². The van der Waals surface area contributed by atoms with Gasteiger partial charge in [0, 0.05) is 19.6 Å². The van der Waals surface area contributed by atoms with Crippen molar-refractivity contribution in [2.75, 3.05) is 26.2 Å². The van der Waals surface area contributed by atoms with E-state index in [0.717, 1.165) is 12.6 Å². The summed E-state index contributed by atoms with van der Waals surface area (Å²) in [4.78, 5) is -0.0312. The number of hydrogen-bond donors (Lipinski definition) is 2. The van der Waals surface area contributed by atoms with Crippen molar-refractivity contribution < 1.29 is 17.5 Å². The van der Waals surface area contributed by atoms with E-state index in [1.807, 2.05) is 0 Å². The van der Waals surface area contributed by atoms with E-state index < -0.39 is 15.8 Å². The summed E-state index contributed by atoms with van der Waals surface area (Å²) in [7, 11) is -3.71.